The molecule has 0 spiro atoms. The average Bonchev–Trinajstić information content (AvgIpc) is 2.77. The smallest absolute Gasteiger partial charge is 0.265 e. The van der Waals surface area contributed by atoms with Gasteiger partial charge in [-0.25, -0.2) is 9.37 Å². The minimum absolute atomic E-state index is 0.00608. The Labute approximate surface area is 171 Å². The number of fused-ring (bicyclic) bond motifs is 1. The van der Waals surface area contributed by atoms with Crippen molar-refractivity contribution in [1.82, 2.24) is 9.55 Å². The van der Waals surface area contributed by atoms with Crippen molar-refractivity contribution >= 4 is 22.6 Å². The average molecular weight is 403 g/mol. The largest absolute Gasteiger partial charge is 0.497 e. The Morgan fingerprint density at radius 1 is 1.10 bits per heavy atom. The van der Waals surface area contributed by atoms with Crippen LogP contribution in [0.5, 0.6) is 5.75 Å². The number of carbonyl (C=O) groups excluding carboxylic acids is 1. The van der Waals surface area contributed by atoms with Crippen LogP contribution in [0.1, 0.15) is 15.9 Å². The van der Waals surface area contributed by atoms with E-state index in [9.17, 15) is 14.0 Å². The lowest BCUT2D eigenvalue weighted by Gasteiger charge is -2.13. The zero-order chi connectivity index (χ0) is 21.1. The second kappa shape index (κ2) is 8.16. The lowest BCUT2D eigenvalue weighted by molar-refractivity contribution is 0.102. The van der Waals surface area contributed by atoms with Gasteiger partial charge in [0.15, 0.2) is 0 Å². The van der Waals surface area contributed by atoms with Gasteiger partial charge >= 0.3 is 0 Å². The molecule has 0 aliphatic heterocycles. The summed E-state index contributed by atoms with van der Waals surface area (Å²) in [4.78, 5) is 30.3. The van der Waals surface area contributed by atoms with Crippen molar-refractivity contribution in [3.63, 3.8) is 0 Å². The molecule has 0 saturated carbocycles. The number of anilines is 1. The third-order valence-electron chi connectivity index (χ3n) is 4.69. The third kappa shape index (κ3) is 3.91. The van der Waals surface area contributed by atoms with Gasteiger partial charge in [-0.05, 0) is 60.2 Å². The maximum Gasteiger partial charge on any atom is 0.265 e. The molecule has 2 aromatic heterocycles. The Kier molecular flexibility index (Phi) is 5.26. The summed E-state index contributed by atoms with van der Waals surface area (Å²) in [5, 5.41) is 3.39. The molecule has 2 aromatic carbocycles. The third-order valence-corrected chi connectivity index (χ3v) is 4.69. The summed E-state index contributed by atoms with van der Waals surface area (Å²) >= 11 is 0. The van der Waals surface area contributed by atoms with Gasteiger partial charge in [0.25, 0.3) is 11.5 Å². The summed E-state index contributed by atoms with van der Waals surface area (Å²) in [6, 6.07) is 17.7. The standard InChI is InChI=1S/C23H18FN3O3/c1-30-19-10-8-18(9-11-19)26-22(28)20-13-16-3-2-12-25-21(16)27(23(20)29)14-15-4-6-17(24)7-5-15/h2-13H,14H2,1H3,(H,26,28). The van der Waals surface area contributed by atoms with E-state index in [-0.39, 0.29) is 17.9 Å². The van der Waals surface area contributed by atoms with Crippen molar-refractivity contribution in [1.29, 1.82) is 0 Å². The van der Waals surface area contributed by atoms with Crippen LogP contribution in [0.15, 0.2) is 77.7 Å². The fourth-order valence-corrected chi connectivity index (χ4v) is 3.16. The molecule has 150 valence electrons. The first-order valence-corrected chi connectivity index (χ1v) is 9.23. The predicted molar refractivity (Wildman–Crippen MR) is 112 cm³/mol. The summed E-state index contributed by atoms with van der Waals surface area (Å²) < 4.78 is 19.8. The number of benzene rings is 2. The van der Waals surface area contributed by atoms with E-state index in [0.29, 0.717) is 22.5 Å². The normalized spacial score (nSPS) is 10.7. The predicted octanol–water partition coefficient (Wildman–Crippen LogP) is 3.84. The first kappa shape index (κ1) is 19.3. The van der Waals surface area contributed by atoms with Crippen LogP contribution >= 0.6 is 0 Å². The topological polar surface area (TPSA) is 73.2 Å². The van der Waals surface area contributed by atoms with Gasteiger partial charge in [-0.1, -0.05) is 12.1 Å². The first-order chi connectivity index (χ1) is 14.5. The minimum atomic E-state index is -0.524. The molecular weight excluding hydrogens is 385 g/mol. The van der Waals surface area contributed by atoms with Gasteiger partial charge in [0.05, 0.1) is 13.7 Å². The molecule has 0 atom stereocenters. The molecule has 0 bridgehead atoms. The molecule has 6 nitrogen and oxygen atoms in total. The van der Waals surface area contributed by atoms with Gasteiger partial charge in [-0.2, -0.15) is 0 Å². The number of ether oxygens (including phenoxy) is 1. The maximum atomic E-state index is 13.2. The summed E-state index contributed by atoms with van der Waals surface area (Å²) in [5.74, 6) is -0.225. The Hall–Kier alpha value is -4.00. The molecule has 30 heavy (non-hydrogen) atoms. The summed E-state index contributed by atoms with van der Waals surface area (Å²) in [6.07, 6.45) is 1.58. The van der Waals surface area contributed by atoms with E-state index in [1.165, 1.54) is 22.8 Å². The highest BCUT2D eigenvalue weighted by Gasteiger charge is 2.17. The molecular formula is C23H18FN3O3. The molecule has 7 heteroatoms. The monoisotopic (exact) mass is 403 g/mol. The van der Waals surface area contributed by atoms with Crippen molar-refractivity contribution in [2.45, 2.75) is 6.54 Å². The molecule has 1 N–H and O–H groups in total. The number of hydrogen-bond acceptors (Lipinski definition) is 4. The van der Waals surface area contributed by atoms with E-state index in [1.807, 2.05) is 0 Å². The van der Waals surface area contributed by atoms with Crippen LogP contribution in [0.3, 0.4) is 0 Å². The lowest BCUT2D eigenvalue weighted by Crippen LogP contribution is -2.30. The number of hydrogen-bond donors (Lipinski definition) is 1. The van der Waals surface area contributed by atoms with Crippen molar-refractivity contribution in [2.24, 2.45) is 0 Å². The lowest BCUT2D eigenvalue weighted by atomic mass is 10.1. The van der Waals surface area contributed by atoms with E-state index >= 15 is 0 Å². The van der Waals surface area contributed by atoms with E-state index in [4.69, 9.17) is 4.74 Å². The maximum absolute atomic E-state index is 13.2. The zero-order valence-electron chi connectivity index (χ0n) is 16.1. The first-order valence-electron chi connectivity index (χ1n) is 9.23. The van der Waals surface area contributed by atoms with Crippen LogP contribution in [-0.4, -0.2) is 22.6 Å². The van der Waals surface area contributed by atoms with Crippen LogP contribution in [-0.2, 0) is 6.54 Å². The Morgan fingerprint density at radius 3 is 2.53 bits per heavy atom. The summed E-state index contributed by atoms with van der Waals surface area (Å²) in [5.41, 5.74) is 1.23. The van der Waals surface area contributed by atoms with Gasteiger partial charge in [-0.3, -0.25) is 14.2 Å². The highest BCUT2D eigenvalue weighted by atomic mass is 19.1. The van der Waals surface area contributed by atoms with Crippen LogP contribution in [0.4, 0.5) is 10.1 Å². The second-order valence-electron chi connectivity index (χ2n) is 6.67. The van der Waals surface area contributed by atoms with E-state index in [0.717, 1.165) is 5.56 Å². The number of carbonyl (C=O) groups is 1. The fraction of sp³-hybridized carbons (Fsp3) is 0.0870. The van der Waals surface area contributed by atoms with Gasteiger partial charge in [0, 0.05) is 17.3 Å². The number of pyridine rings is 2. The van der Waals surface area contributed by atoms with Crippen LogP contribution < -0.4 is 15.6 Å². The molecule has 0 fully saturated rings. The minimum Gasteiger partial charge on any atom is -0.497 e. The fourth-order valence-electron chi connectivity index (χ4n) is 3.16. The summed E-state index contributed by atoms with van der Waals surface area (Å²) in [6.45, 7) is 0.163. The Morgan fingerprint density at radius 2 is 1.83 bits per heavy atom. The Bertz CT molecular complexity index is 1270. The quantitative estimate of drug-likeness (QED) is 0.549. The molecule has 0 aliphatic carbocycles. The van der Waals surface area contributed by atoms with Crippen LogP contribution in [0.25, 0.3) is 11.0 Å². The number of halogens is 1. The number of nitrogens with zero attached hydrogens (tertiary/aromatic N) is 2. The SMILES string of the molecule is COc1ccc(NC(=O)c2cc3cccnc3n(Cc3ccc(F)cc3)c2=O)cc1. The van der Waals surface area contributed by atoms with E-state index in [1.54, 1.807) is 61.8 Å². The van der Waals surface area contributed by atoms with Gasteiger partial charge in [0.1, 0.15) is 22.8 Å². The molecule has 4 aromatic rings. The van der Waals surface area contributed by atoms with Crippen LogP contribution in [0, 0.1) is 5.82 Å². The van der Waals surface area contributed by atoms with E-state index in [2.05, 4.69) is 10.3 Å². The second-order valence-corrected chi connectivity index (χ2v) is 6.67. The van der Waals surface area contributed by atoms with E-state index < -0.39 is 11.5 Å². The van der Waals surface area contributed by atoms with Gasteiger partial charge < -0.3 is 10.1 Å². The number of methoxy groups -OCH3 is 1. The zero-order valence-corrected chi connectivity index (χ0v) is 16.1. The highest BCUT2D eigenvalue weighted by Crippen LogP contribution is 2.17. The molecule has 0 radical (unpaired) electrons. The highest BCUT2D eigenvalue weighted by molar-refractivity contribution is 6.05. The number of aromatic nitrogens is 2. The van der Waals surface area contributed by atoms with Crippen molar-refractivity contribution in [3.8, 4) is 5.75 Å². The Balaban J connectivity index is 1.74. The number of amides is 1. The molecule has 0 saturated heterocycles. The number of rotatable bonds is 5. The van der Waals surface area contributed by atoms with Gasteiger partial charge in [0.2, 0.25) is 0 Å². The van der Waals surface area contributed by atoms with Crippen molar-refractivity contribution in [3.05, 3.63) is 100 Å². The van der Waals surface area contributed by atoms with Crippen molar-refractivity contribution < 1.29 is 13.9 Å². The summed E-state index contributed by atoms with van der Waals surface area (Å²) in [7, 11) is 1.56. The van der Waals surface area contributed by atoms with Crippen LogP contribution in [0.2, 0.25) is 0 Å². The molecule has 0 unspecified atom stereocenters. The molecule has 0 aliphatic rings. The molecule has 4 rings (SSSR count). The molecule has 1 amide bonds. The van der Waals surface area contributed by atoms with Crippen molar-refractivity contribution in [2.75, 3.05) is 12.4 Å². The molecule has 2 heterocycles. The number of nitrogens with one attached hydrogen (secondary N) is 1. The van der Waals surface area contributed by atoms with Gasteiger partial charge in [-0.15, -0.1) is 0 Å².